The van der Waals surface area contributed by atoms with Gasteiger partial charge in [-0.3, -0.25) is 14.4 Å². The molecule has 0 spiro atoms. The molecule has 0 aliphatic carbocycles. The van der Waals surface area contributed by atoms with Crippen molar-refractivity contribution < 1.29 is 9.53 Å². The van der Waals surface area contributed by atoms with E-state index in [4.69, 9.17) is 4.74 Å². The number of anilines is 2. The van der Waals surface area contributed by atoms with Crippen LogP contribution in [-0.2, 0) is 11.8 Å². The van der Waals surface area contributed by atoms with Crippen molar-refractivity contribution in [2.45, 2.75) is 13.8 Å². The normalized spacial score (nSPS) is 14.3. The number of carbonyl (C=O) groups is 1. The molecule has 4 rings (SSSR count). The maximum atomic E-state index is 12.7. The van der Waals surface area contributed by atoms with E-state index in [2.05, 4.69) is 50.5 Å². The second kappa shape index (κ2) is 9.88. The number of morpholine rings is 1. The Bertz CT molecular complexity index is 1070. The molecule has 3 aromatic rings. The molecule has 0 atom stereocenters. The van der Waals surface area contributed by atoms with E-state index in [0.717, 1.165) is 49.7 Å². The molecule has 9 nitrogen and oxygen atoms in total. The largest absolute Gasteiger partial charge is 0.379 e. The number of ether oxygens (including phenoxy) is 1. The lowest BCUT2D eigenvalue weighted by Crippen LogP contribution is -2.41. The molecular weight excluding hydrogens is 406 g/mol. The first-order chi connectivity index (χ1) is 15.5. The van der Waals surface area contributed by atoms with Crippen LogP contribution in [0.3, 0.4) is 0 Å². The van der Waals surface area contributed by atoms with Crippen molar-refractivity contribution in [1.29, 1.82) is 0 Å². The number of aromatic nitrogens is 4. The third-order valence-corrected chi connectivity index (χ3v) is 5.33. The van der Waals surface area contributed by atoms with Gasteiger partial charge in [-0.15, -0.1) is 0 Å². The number of carbonyl (C=O) groups excluding carboxylic acids is 1. The summed E-state index contributed by atoms with van der Waals surface area (Å²) in [7, 11) is 1.76. The van der Waals surface area contributed by atoms with Crippen molar-refractivity contribution in [3.05, 3.63) is 53.3 Å². The maximum absolute atomic E-state index is 12.7. The van der Waals surface area contributed by atoms with E-state index in [9.17, 15) is 4.79 Å². The van der Waals surface area contributed by atoms with Crippen LogP contribution in [0.4, 0.5) is 11.6 Å². The number of hydrogen-bond acceptors (Lipinski definition) is 7. The predicted octanol–water partition coefficient (Wildman–Crippen LogP) is 2.30. The van der Waals surface area contributed by atoms with Crippen molar-refractivity contribution in [2.24, 2.45) is 7.05 Å². The topological polar surface area (TPSA) is 97.2 Å². The van der Waals surface area contributed by atoms with E-state index in [1.165, 1.54) is 0 Å². The molecule has 0 saturated carbocycles. The number of nitrogens with zero attached hydrogens (tertiary/aromatic N) is 5. The molecule has 0 bridgehead atoms. The van der Waals surface area contributed by atoms with E-state index in [1.54, 1.807) is 30.1 Å². The summed E-state index contributed by atoms with van der Waals surface area (Å²) in [6.07, 6.45) is 1.68. The van der Waals surface area contributed by atoms with Gasteiger partial charge in [0.05, 0.1) is 18.9 Å². The Balaban J connectivity index is 1.42. The fourth-order valence-corrected chi connectivity index (χ4v) is 3.79. The first kappa shape index (κ1) is 21.9. The molecule has 3 heterocycles. The second-order valence-electron chi connectivity index (χ2n) is 8.02. The zero-order chi connectivity index (χ0) is 22.5. The lowest BCUT2D eigenvalue weighted by atomic mass is 10.1. The fourth-order valence-electron chi connectivity index (χ4n) is 3.79. The van der Waals surface area contributed by atoms with Crippen molar-refractivity contribution in [1.82, 2.24) is 30.0 Å². The molecule has 9 heteroatoms. The number of benzene rings is 1. The minimum atomic E-state index is -0.151. The summed E-state index contributed by atoms with van der Waals surface area (Å²) >= 11 is 0. The number of rotatable bonds is 7. The van der Waals surface area contributed by atoms with Crippen LogP contribution in [0.1, 0.15) is 21.6 Å². The molecule has 1 amide bonds. The lowest BCUT2D eigenvalue weighted by Gasteiger charge is -2.26. The molecular formula is C23H29N7O2. The Kier molecular flexibility index (Phi) is 6.77. The average Bonchev–Trinajstić information content (AvgIpc) is 3.16. The SMILES string of the molecule is Cc1cc(C)cc(Nc2nccc(-c3cc(C(=O)NCCN4CCOCC4)n(C)n3)n2)c1. The minimum Gasteiger partial charge on any atom is -0.379 e. The van der Waals surface area contributed by atoms with Gasteiger partial charge in [-0.25, -0.2) is 9.97 Å². The van der Waals surface area contributed by atoms with Crippen molar-refractivity contribution in [3.63, 3.8) is 0 Å². The first-order valence-electron chi connectivity index (χ1n) is 10.8. The van der Waals surface area contributed by atoms with Crippen LogP contribution in [0.25, 0.3) is 11.4 Å². The number of hydrogen-bond donors (Lipinski definition) is 2. The third kappa shape index (κ3) is 5.49. The molecule has 1 fully saturated rings. The third-order valence-electron chi connectivity index (χ3n) is 5.33. The van der Waals surface area contributed by atoms with E-state index < -0.39 is 0 Å². The van der Waals surface area contributed by atoms with Gasteiger partial charge in [-0.05, 0) is 49.2 Å². The van der Waals surface area contributed by atoms with Crippen LogP contribution < -0.4 is 10.6 Å². The zero-order valence-corrected chi connectivity index (χ0v) is 18.8. The molecule has 1 aliphatic heterocycles. The van der Waals surface area contributed by atoms with E-state index in [1.807, 2.05) is 12.1 Å². The summed E-state index contributed by atoms with van der Waals surface area (Å²) in [4.78, 5) is 23.9. The average molecular weight is 436 g/mol. The fraction of sp³-hybridized carbons (Fsp3) is 0.391. The molecule has 1 aromatic carbocycles. The van der Waals surface area contributed by atoms with Gasteiger partial charge in [0, 0.05) is 45.1 Å². The molecule has 1 saturated heterocycles. The van der Waals surface area contributed by atoms with Gasteiger partial charge in [0.2, 0.25) is 5.95 Å². The Morgan fingerprint density at radius 1 is 1.09 bits per heavy atom. The Morgan fingerprint density at radius 3 is 2.59 bits per heavy atom. The Morgan fingerprint density at radius 2 is 1.84 bits per heavy atom. The van der Waals surface area contributed by atoms with Crippen LogP contribution in [0.5, 0.6) is 0 Å². The monoisotopic (exact) mass is 435 g/mol. The molecule has 168 valence electrons. The smallest absolute Gasteiger partial charge is 0.269 e. The van der Waals surface area contributed by atoms with Gasteiger partial charge in [-0.1, -0.05) is 6.07 Å². The van der Waals surface area contributed by atoms with Crippen LogP contribution in [0, 0.1) is 13.8 Å². The quantitative estimate of drug-likeness (QED) is 0.588. The van der Waals surface area contributed by atoms with Crippen molar-refractivity contribution in [3.8, 4) is 11.4 Å². The highest BCUT2D eigenvalue weighted by Crippen LogP contribution is 2.21. The van der Waals surface area contributed by atoms with Crippen LogP contribution in [0.15, 0.2) is 36.5 Å². The van der Waals surface area contributed by atoms with E-state index >= 15 is 0 Å². The van der Waals surface area contributed by atoms with Gasteiger partial charge < -0.3 is 15.4 Å². The Hall–Kier alpha value is -3.30. The molecule has 0 unspecified atom stereocenters. The summed E-state index contributed by atoms with van der Waals surface area (Å²) in [5.74, 6) is 0.330. The highest BCUT2D eigenvalue weighted by molar-refractivity contribution is 5.93. The molecule has 2 aromatic heterocycles. The summed E-state index contributed by atoms with van der Waals surface area (Å²) in [5.41, 5.74) is 5.02. The minimum absolute atomic E-state index is 0.151. The highest BCUT2D eigenvalue weighted by Gasteiger charge is 2.16. The van der Waals surface area contributed by atoms with Crippen LogP contribution in [-0.4, -0.2) is 69.9 Å². The maximum Gasteiger partial charge on any atom is 0.269 e. The predicted molar refractivity (Wildman–Crippen MR) is 123 cm³/mol. The standard InChI is InChI=1S/C23H29N7O2/c1-16-12-17(2)14-18(13-16)26-23-25-5-4-19(27-23)20-15-21(29(3)28-20)22(31)24-6-7-30-8-10-32-11-9-30/h4-5,12-15H,6-11H2,1-3H3,(H,24,31)(H,25,26,27). The number of amides is 1. The molecule has 1 aliphatic rings. The molecule has 2 N–H and O–H groups in total. The lowest BCUT2D eigenvalue weighted by molar-refractivity contribution is 0.0383. The summed E-state index contributed by atoms with van der Waals surface area (Å²) in [5, 5.41) is 10.7. The van der Waals surface area contributed by atoms with Gasteiger partial charge in [0.25, 0.3) is 5.91 Å². The number of aryl methyl sites for hydroxylation is 3. The summed E-state index contributed by atoms with van der Waals surface area (Å²) in [6.45, 7) is 8.79. The van der Waals surface area contributed by atoms with Crippen molar-refractivity contribution >= 4 is 17.5 Å². The first-order valence-corrected chi connectivity index (χ1v) is 10.8. The summed E-state index contributed by atoms with van der Waals surface area (Å²) in [6, 6.07) is 9.75. The highest BCUT2D eigenvalue weighted by atomic mass is 16.5. The molecule has 0 radical (unpaired) electrons. The van der Waals surface area contributed by atoms with Crippen molar-refractivity contribution in [2.75, 3.05) is 44.7 Å². The van der Waals surface area contributed by atoms with Gasteiger partial charge in [0.1, 0.15) is 11.4 Å². The van der Waals surface area contributed by atoms with E-state index in [-0.39, 0.29) is 5.91 Å². The summed E-state index contributed by atoms with van der Waals surface area (Å²) < 4.78 is 6.94. The number of nitrogens with one attached hydrogen (secondary N) is 2. The van der Waals surface area contributed by atoms with Gasteiger partial charge in [0.15, 0.2) is 0 Å². The zero-order valence-electron chi connectivity index (χ0n) is 18.8. The second-order valence-corrected chi connectivity index (χ2v) is 8.02. The van der Waals surface area contributed by atoms with E-state index in [0.29, 0.717) is 29.6 Å². The Labute approximate surface area is 187 Å². The van der Waals surface area contributed by atoms with Crippen LogP contribution in [0.2, 0.25) is 0 Å². The molecule has 32 heavy (non-hydrogen) atoms. The van der Waals surface area contributed by atoms with Gasteiger partial charge >= 0.3 is 0 Å². The van der Waals surface area contributed by atoms with Gasteiger partial charge in [-0.2, -0.15) is 5.10 Å². The van der Waals surface area contributed by atoms with Crippen LogP contribution >= 0.6 is 0 Å².